The summed E-state index contributed by atoms with van der Waals surface area (Å²) in [5, 5.41) is 17.5. The van der Waals surface area contributed by atoms with Crippen LogP contribution in [0.3, 0.4) is 0 Å². The minimum absolute atomic E-state index is 0.0208. The zero-order valence-corrected chi connectivity index (χ0v) is 21.8. The second kappa shape index (κ2) is 12.3. The molecule has 2 aromatic carbocycles. The van der Waals surface area contributed by atoms with Gasteiger partial charge in [0.15, 0.2) is 0 Å². The van der Waals surface area contributed by atoms with Gasteiger partial charge < -0.3 is 21.0 Å². The first-order valence-electron chi connectivity index (χ1n) is 13.6. The average molecular weight is 532 g/mol. The zero-order chi connectivity index (χ0) is 27.2. The van der Waals surface area contributed by atoms with Crippen molar-refractivity contribution in [3.63, 3.8) is 0 Å². The lowest BCUT2D eigenvalue weighted by molar-refractivity contribution is -0.134. The number of carbonyl (C=O) groups excluding carboxylic acids is 2. The molecule has 39 heavy (non-hydrogen) atoms. The van der Waals surface area contributed by atoms with E-state index in [0.717, 1.165) is 30.6 Å². The van der Waals surface area contributed by atoms with Gasteiger partial charge in [-0.2, -0.15) is 5.26 Å². The van der Waals surface area contributed by atoms with Crippen LogP contribution < -0.4 is 26.6 Å². The van der Waals surface area contributed by atoms with Gasteiger partial charge in [0, 0.05) is 48.9 Å². The standard InChI is InChI=1S/C29H34FN7O2/c30-23-7-3-21(4-8-23)25-18-27(25)32-13-1-2-26(29(39)36-15-11-20(19-31)12-16-36)34-28(38)22-5-9-24(10-6-22)37-17-14-33-35-37/h3-10,14,17,20,25-27,32-33,35H,1-2,11-13,15-16,18H2,(H,34,38)/t25-,26-,27+/m0/s1. The number of benzene rings is 2. The highest BCUT2D eigenvalue weighted by molar-refractivity contribution is 5.97. The van der Waals surface area contributed by atoms with Crippen LogP contribution in [0, 0.1) is 23.1 Å². The molecule has 9 nitrogen and oxygen atoms in total. The third-order valence-corrected chi connectivity index (χ3v) is 7.66. The summed E-state index contributed by atoms with van der Waals surface area (Å²) in [6.07, 6.45) is 7.15. The molecule has 2 aliphatic heterocycles. The summed E-state index contributed by atoms with van der Waals surface area (Å²) in [7, 11) is 0. The Balaban J connectivity index is 1.16. The van der Waals surface area contributed by atoms with Gasteiger partial charge in [-0.1, -0.05) is 12.1 Å². The van der Waals surface area contributed by atoms with Crippen molar-refractivity contribution in [1.82, 2.24) is 26.5 Å². The molecule has 1 saturated heterocycles. The van der Waals surface area contributed by atoms with Gasteiger partial charge in [0.1, 0.15) is 11.9 Å². The van der Waals surface area contributed by atoms with E-state index in [0.29, 0.717) is 49.9 Å². The Morgan fingerprint density at radius 1 is 1.10 bits per heavy atom. The monoisotopic (exact) mass is 531 g/mol. The van der Waals surface area contributed by atoms with Crippen molar-refractivity contribution < 1.29 is 14.0 Å². The molecule has 0 spiro atoms. The maximum Gasteiger partial charge on any atom is 0.251 e. The Bertz CT molecular complexity index is 1220. The molecule has 3 atom stereocenters. The quantitative estimate of drug-likeness (QED) is 0.349. The molecule has 0 unspecified atom stereocenters. The molecule has 2 amide bonds. The smallest absolute Gasteiger partial charge is 0.251 e. The molecule has 2 heterocycles. The van der Waals surface area contributed by atoms with E-state index in [9.17, 15) is 19.2 Å². The Hall–Kier alpha value is -3.94. The molecule has 1 saturated carbocycles. The van der Waals surface area contributed by atoms with E-state index in [1.54, 1.807) is 28.2 Å². The van der Waals surface area contributed by atoms with E-state index in [2.05, 4.69) is 27.7 Å². The first-order chi connectivity index (χ1) is 19.0. The largest absolute Gasteiger partial charge is 0.341 e. The molecule has 5 rings (SSSR count). The third kappa shape index (κ3) is 6.74. The van der Waals surface area contributed by atoms with Gasteiger partial charge in [0.2, 0.25) is 5.91 Å². The highest BCUT2D eigenvalue weighted by Crippen LogP contribution is 2.40. The molecule has 0 bridgehead atoms. The van der Waals surface area contributed by atoms with Gasteiger partial charge >= 0.3 is 0 Å². The van der Waals surface area contributed by atoms with Crippen LogP contribution in [-0.2, 0) is 4.79 Å². The van der Waals surface area contributed by atoms with E-state index in [1.165, 1.54) is 12.1 Å². The van der Waals surface area contributed by atoms with Gasteiger partial charge in [0.25, 0.3) is 5.91 Å². The minimum Gasteiger partial charge on any atom is -0.341 e. The lowest BCUT2D eigenvalue weighted by atomic mass is 9.97. The highest BCUT2D eigenvalue weighted by Gasteiger charge is 2.37. The molecule has 3 aliphatic rings. The first kappa shape index (κ1) is 26.7. The Labute approximate surface area is 228 Å². The molecule has 0 aromatic heterocycles. The number of hydrazine groups is 2. The number of rotatable bonds is 10. The Morgan fingerprint density at radius 2 is 1.85 bits per heavy atom. The third-order valence-electron chi connectivity index (χ3n) is 7.66. The van der Waals surface area contributed by atoms with E-state index in [-0.39, 0.29) is 23.5 Å². The second-order valence-corrected chi connectivity index (χ2v) is 10.3. The van der Waals surface area contributed by atoms with Crippen molar-refractivity contribution >= 4 is 17.5 Å². The van der Waals surface area contributed by atoms with Gasteiger partial charge in [0.05, 0.1) is 11.8 Å². The summed E-state index contributed by atoms with van der Waals surface area (Å²) in [5.41, 5.74) is 8.30. The van der Waals surface area contributed by atoms with Crippen LogP contribution in [0.15, 0.2) is 60.9 Å². The van der Waals surface area contributed by atoms with Crippen LogP contribution in [0.2, 0.25) is 0 Å². The summed E-state index contributed by atoms with van der Waals surface area (Å²) in [4.78, 5) is 28.3. The minimum atomic E-state index is -0.642. The summed E-state index contributed by atoms with van der Waals surface area (Å²) in [6.45, 7) is 1.78. The molecular weight excluding hydrogens is 497 g/mol. The first-order valence-corrected chi connectivity index (χ1v) is 13.6. The van der Waals surface area contributed by atoms with Crippen molar-refractivity contribution in [2.24, 2.45) is 5.92 Å². The Morgan fingerprint density at radius 3 is 2.51 bits per heavy atom. The van der Waals surface area contributed by atoms with Gasteiger partial charge in [-0.3, -0.25) is 14.6 Å². The number of hydrogen-bond acceptors (Lipinski definition) is 7. The number of nitrogens with zero attached hydrogens (tertiary/aromatic N) is 3. The van der Waals surface area contributed by atoms with Crippen molar-refractivity contribution in [2.75, 3.05) is 24.6 Å². The lowest BCUT2D eigenvalue weighted by Crippen LogP contribution is -2.50. The normalized spacial score (nSPS) is 21.2. The van der Waals surface area contributed by atoms with Crippen molar-refractivity contribution in [1.29, 1.82) is 5.26 Å². The number of amides is 2. The van der Waals surface area contributed by atoms with Crippen LogP contribution in [0.5, 0.6) is 0 Å². The summed E-state index contributed by atoms with van der Waals surface area (Å²) in [5.74, 6) is -0.250. The number of likely N-dealkylation sites (tertiary alicyclic amines) is 1. The zero-order valence-electron chi connectivity index (χ0n) is 21.8. The molecule has 1 aliphatic carbocycles. The fraction of sp³-hybridized carbons (Fsp3) is 0.414. The number of anilines is 1. The molecule has 204 valence electrons. The molecule has 4 N–H and O–H groups in total. The van der Waals surface area contributed by atoms with Crippen molar-refractivity contribution in [3.8, 4) is 6.07 Å². The number of halogens is 1. The fourth-order valence-corrected chi connectivity index (χ4v) is 5.22. The van der Waals surface area contributed by atoms with E-state index in [4.69, 9.17) is 0 Å². The number of nitrogens with one attached hydrogen (secondary N) is 4. The van der Waals surface area contributed by atoms with Crippen LogP contribution in [0.1, 0.15) is 53.9 Å². The summed E-state index contributed by atoms with van der Waals surface area (Å²) < 4.78 is 13.2. The fourth-order valence-electron chi connectivity index (χ4n) is 5.22. The number of nitriles is 1. The van der Waals surface area contributed by atoms with Crippen molar-refractivity contribution in [3.05, 3.63) is 77.9 Å². The molecule has 0 radical (unpaired) electrons. The van der Waals surface area contributed by atoms with E-state index < -0.39 is 6.04 Å². The number of carbonyl (C=O) groups is 2. The van der Waals surface area contributed by atoms with Crippen LogP contribution in [0.25, 0.3) is 0 Å². The van der Waals surface area contributed by atoms with Gasteiger partial charge in [-0.05, 0) is 80.6 Å². The highest BCUT2D eigenvalue weighted by atomic mass is 19.1. The predicted octanol–water partition coefficient (Wildman–Crippen LogP) is 2.91. The maximum absolute atomic E-state index is 13.4. The molecular formula is C29H34FN7O2. The maximum atomic E-state index is 13.4. The molecule has 2 fully saturated rings. The summed E-state index contributed by atoms with van der Waals surface area (Å²) in [6, 6.07) is 15.8. The van der Waals surface area contributed by atoms with Crippen LogP contribution in [-0.4, -0.2) is 48.4 Å². The van der Waals surface area contributed by atoms with Gasteiger partial charge in [-0.25, -0.2) is 4.39 Å². The average Bonchev–Trinajstić information content (AvgIpc) is 3.53. The predicted molar refractivity (Wildman–Crippen MR) is 145 cm³/mol. The lowest BCUT2D eigenvalue weighted by Gasteiger charge is -2.32. The number of piperidine rings is 1. The molecule has 10 heteroatoms. The second-order valence-electron chi connectivity index (χ2n) is 10.3. The summed E-state index contributed by atoms with van der Waals surface area (Å²) >= 11 is 0. The van der Waals surface area contributed by atoms with E-state index in [1.807, 2.05) is 30.5 Å². The number of hydrogen-bond donors (Lipinski definition) is 4. The van der Waals surface area contributed by atoms with Crippen LogP contribution >= 0.6 is 0 Å². The SMILES string of the molecule is N#CC1CCN(C(=O)[C@H](CCCN[C@@H]2C[C@H]2c2ccc(F)cc2)NC(=O)c2ccc(N3C=CNN3)cc2)CC1. The topological polar surface area (TPSA) is 113 Å². The van der Waals surface area contributed by atoms with Crippen LogP contribution in [0.4, 0.5) is 10.1 Å². The van der Waals surface area contributed by atoms with Gasteiger partial charge in [-0.15, -0.1) is 5.53 Å². The van der Waals surface area contributed by atoms with E-state index >= 15 is 0 Å². The Kier molecular flexibility index (Phi) is 8.39. The molecule has 2 aromatic rings. The van der Waals surface area contributed by atoms with Crippen molar-refractivity contribution in [2.45, 2.75) is 50.1 Å².